The fourth-order valence-electron chi connectivity index (χ4n) is 1.01. The third kappa shape index (κ3) is 0.721. The van der Waals surface area contributed by atoms with Gasteiger partial charge in [-0.3, -0.25) is 4.31 Å². The summed E-state index contributed by atoms with van der Waals surface area (Å²) in [6.07, 6.45) is 4.70. The van der Waals surface area contributed by atoms with Crippen molar-refractivity contribution in [2.75, 3.05) is 0 Å². The van der Waals surface area contributed by atoms with Crippen LogP contribution in [0.1, 0.15) is 6.92 Å². The van der Waals surface area contributed by atoms with Gasteiger partial charge in [-0.05, 0) is 30.4 Å². The maximum atomic E-state index is 3.30. The number of nitrogens with zero attached hydrogens (tertiary/aromatic N) is 1. The number of hydrogen-bond donors (Lipinski definition) is 1. The van der Waals surface area contributed by atoms with Crippen LogP contribution in [-0.2, 0) is 0 Å². The standard InChI is InChI=1S/C6H8N2S/c1-5-4-8-6(7-5)2-3-9-8/h2-4,6-7H,1H3. The van der Waals surface area contributed by atoms with Gasteiger partial charge in [-0.2, -0.15) is 0 Å². The van der Waals surface area contributed by atoms with Gasteiger partial charge < -0.3 is 5.32 Å². The van der Waals surface area contributed by atoms with Gasteiger partial charge in [0, 0.05) is 11.9 Å². The van der Waals surface area contributed by atoms with Crippen molar-refractivity contribution in [1.29, 1.82) is 0 Å². The molecule has 0 aromatic heterocycles. The van der Waals surface area contributed by atoms with Crippen LogP contribution in [0.25, 0.3) is 0 Å². The van der Waals surface area contributed by atoms with E-state index in [9.17, 15) is 0 Å². The van der Waals surface area contributed by atoms with E-state index >= 15 is 0 Å². The lowest BCUT2D eigenvalue weighted by Crippen LogP contribution is -2.26. The van der Waals surface area contributed by atoms with Crippen molar-refractivity contribution in [3.05, 3.63) is 23.4 Å². The van der Waals surface area contributed by atoms with E-state index < -0.39 is 0 Å². The molecule has 1 atom stereocenters. The summed E-state index contributed by atoms with van der Waals surface area (Å²) >= 11 is 1.73. The van der Waals surface area contributed by atoms with E-state index in [1.54, 1.807) is 11.9 Å². The zero-order chi connectivity index (χ0) is 6.27. The highest BCUT2D eigenvalue weighted by Crippen LogP contribution is 2.27. The summed E-state index contributed by atoms with van der Waals surface area (Å²) in [4.78, 5) is 0. The molecule has 0 aliphatic carbocycles. The third-order valence-electron chi connectivity index (χ3n) is 1.41. The van der Waals surface area contributed by atoms with Gasteiger partial charge in [-0.15, -0.1) is 0 Å². The molecular formula is C6H8N2S. The number of fused-ring (bicyclic) bond motifs is 1. The Morgan fingerprint density at radius 1 is 1.78 bits per heavy atom. The Kier molecular flexibility index (Phi) is 0.990. The Morgan fingerprint density at radius 3 is 3.44 bits per heavy atom. The van der Waals surface area contributed by atoms with Crippen molar-refractivity contribution < 1.29 is 0 Å². The normalized spacial score (nSPS) is 30.1. The van der Waals surface area contributed by atoms with Gasteiger partial charge in [0.15, 0.2) is 0 Å². The second kappa shape index (κ2) is 1.70. The van der Waals surface area contributed by atoms with Crippen LogP contribution in [0.3, 0.4) is 0 Å². The highest BCUT2D eigenvalue weighted by molar-refractivity contribution is 8.00. The van der Waals surface area contributed by atoms with Gasteiger partial charge >= 0.3 is 0 Å². The minimum atomic E-state index is 0.426. The van der Waals surface area contributed by atoms with Gasteiger partial charge in [0.2, 0.25) is 0 Å². The second-order valence-corrected chi connectivity index (χ2v) is 3.10. The van der Waals surface area contributed by atoms with Crippen LogP contribution in [0, 0.1) is 0 Å². The Bertz CT molecular complexity index is 185. The first-order valence-electron chi connectivity index (χ1n) is 2.93. The average molecular weight is 140 g/mol. The molecule has 0 saturated heterocycles. The van der Waals surface area contributed by atoms with Crippen molar-refractivity contribution in [3.63, 3.8) is 0 Å². The van der Waals surface area contributed by atoms with Crippen molar-refractivity contribution >= 4 is 11.9 Å². The molecule has 2 nitrogen and oxygen atoms in total. The number of hydrogen-bond acceptors (Lipinski definition) is 3. The Hall–Kier alpha value is -0.570. The molecule has 3 heteroatoms. The fraction of sp³-hybridized carbons (Fsp3) is 0.333. The van der Waals surface area contributed by atoms with Crippen molar-refractivity contribution in [2.45, 2.75) is 13.1 Å². The van der Waals surface area contributed by atoms with E-state index in [2.05, 4.69) is 34.2 Å². The number of rotatable bonds is 0. The Morgan fingerprint density at radius 2 is 2.67 bits per heavy atom. The minimum absolute atomic E-state index is 0.426. The lowest BCUT2D eigenvalue weighted by atomic mass is 10.5. The summed E-state index contributed by atoms with van der Waals surface area (Å²) in [6.45, 7) is 2.08. The molecule has 1 unspecified atom stereocenters. The Balaban J connectivity index is 2.19. The first kappa shape index (κ1) is 5.23. The summed E-state index contributed by atoms with van der Waals surface area (Å²) in [5.41, 5.74) is 1.25. The van der Waals surface area contributed by atoms with Crippen molar-refractivity contribution in [3.8, 4) is 0 Å². The lowest BCUT2D eigenvalue weighted by Gasteiger charge is -2.12. The van der Waals surface area contributed by atoms with Crippen LogP contribution >= 0.6 is 11.9 Å². The molecule has 0 amide bonds. The van der Waals surface area contributed by atoms with Crippen LogP contribution in [0.2, 0.25) is 0 Å². The molecule has 1 N–H and O–H groups in total. The predicted molar refractivity (Wildman–Crippen MR) is 39.3 cm³/mol. The molecule has 2 aliphatic heterocycles. The van der Waals surface area contributed by atoms with Crippen LogP contribution in [0.15, 0.2) is 23.4 Å². The van der Waals surface area contributed by atoms with E-state index in [0.29, 0.717) is 6.17 Å². The molecule has 0 aromatic rings. The summed E-state index contributed by atoms with van der Waals surface area (Å²) in [6, 6.07) is 0. The molecule has 0 aromatic carbocycles. The largest absolute Gasteiger partial charge is 0.364 e. The maximum absolute atomic E-state index is 3.30. The smallest absolute Gasteiger partial charge is 0.129 e. The van der Waals surface area contributed by atoms with E-state index in [0.717, 1.165) is 0 Å². The number of nitrogens with one attached hydrogen (secondary N) is 1. The van der Waals surface area contributed by atoms with Crippen LogP contribution in [0.4, 0.5) is 0 Å². The zero-order valence-electron chi connectivity index (χ0n) is 5.16. The van der Waals surface area contributed by atoms with E-state index in [1.165, 1.54) is 5.70 Å². The molecule has 2 heterocycles. The van der Waals surface area contributed by atoms with Crippen LogP contribution in [0.5, 0.6) is 0 Å². The highest BCUT2D eigenvalue weighted by Gasteiger charge is 2.22. The molecule has 0 bridgehead atoms. The van der Waals surface area contributed by atoms with E-state index in [1.807, 2.05) is 0 Å². The monoisotopic (exact) mass is 140 g/mol. The van der Waals surface area contributed by atoms with E-state index in [4.69, 9.17) is 0 Å². The van der Waals surface area contributed by atoms with Crippen molar-refractivity contribution in [2.24, 2.45) is 0 Å². The topological polar surface area (TPSA) is 15.3 Å². The SMILES string of the molecule is CC1=CN2SC=CC2N1. The second-order valence-electron chi connectivity index (χ2n) is 2.20. The van der Waals surface area contributed by atoms with E-state index in [-0.39, 0.29) is 0 Å². The quantitative estimate of drug-likeness (QED) is 0.510. The van der Waals surface area contributed by atoms with Gasteiger partial charge in [-0.25, -0.2) is 0 Å². The van der Waals surface area contributed by atoms with Gasteiger partial charge in [0.05, 0.1) is 0 Å². The van der Waals surface area contributed by atoms with Crippen molar-refractivity contribution in [1.82, 2.24) is 9.62 Å². The molecule has 2 rings (SSSR count). The lowest BCUT2D eigenvalue weighted by molar-refractivity contribution is 0.527. The summed E-state index contributed by atoms with van der Waals surface area (Å²) in [7, 11) is 0. The third-order valence-corrected chi connectivity index (χ3v) is 2.27. The van der Waals surface area contributed by atoms with Crippen LogP contribution < -0.4 is 5.32 Å². The molecule has 9 heavy (non-hydrogen) atoms. The average Bonchev–Trinajstić information content (AvgIpc) is 2.22. The van der Waals surface area contributed by atoms with Crippen LogP contribution in [-0.4, -0.2) is 10.5 Å². The first-order chi connectivity index (χ1) is 4.36. The predicted octanol–water partition coefficient (Wildman–Crippen LogP) is 1.25. The zero-order valence-corrected chi connectivity index (χ0v) is 5.98. The van der Waals surface area contributed by atoms with Gasteiger partial charge in [0.1, 0.15) is 6.17 Å². The molecule has 0 radical (unpaired) electrons. The molecule has 0 saturated carbocycles. The fourth-order valence-corrected chi connectivity index (χ4v) is 1.85. The first-order valence-corrected chi connectivity index (χ1v) is 3.77. The molecule has 0 fully saturated rings. The summed E-state index contributed by atoms with van der Waals surface area (Å²) < 4.78 is 2.19. The summed E-state index contributed by atoms with van der Waals surface area (Å²) in [5.74, 6) is 0. The van der Waals surface area contributed by atoms with Gasteiger partial charge in [-0.1, -0.05) is 0 Å². The Labute approximate surface area is 58.7 Å². The van der Waals surface area contributed by atoms with Gasteiger partial charge in [0.25, 0.3) is 0 Å². The molecule has 0 spiro atoms. The number of allylic oxidation sites excluding steroid dienone is 1. The highest BCUT2D eigenvalue weighted by atomic mass is 32.2. The summed E-state index contributed by atoms with van der Waals surface area (Å²) in [5, 5.41) is 5.39. The molecule has 48 valence electrons. The maximum Gasteiger partial charge on any atom is 0.129 e. The molecule has 2 aliphatic rings. The minimum Gasteiger partial charge on any atom is -0.364 e. The molecular weight excluding hydrogens is 132 g/mol.